The summed E-state index contributed by atoms with van der Waals surface area (Å²) < 4.78 is 7.95. The Morgan fingerprint density at radius 3 is 1.33 bits per heavy atom. The van der Waals surface area contributed by atoms with Crippen molar-refractivity contribution in [2.24, 2.45) is 29.2 Å². The van der Waals surface area contributed by atoms with Gasteiger partial charge in [-0.3, -0.25) is 27.6 Å². The van der Waals surface area contributed by atoms with Crippen LogP contribution in [0, 0.1) is 36.0 Å². The second kappa shape index (κ2) is 33.4. The van der Waals surface area contributed by atoms with E-state index in [0.717, 1.165) is 208 Å². The van der Waals surface area contributed by atoms with Gasteiger partial charge in [0.25, 0.3) is 0 Å². The van der Waals surface area contributed by atoms with Gasteiger partial charge in [0.05, 0.1) is 45.3 Å². The second-order valence-corrected chi connectivity index (χ2v) is 34.4. The number of aromatic nitrogens is 17. The maximum Gasteiger partial charge on any atom is 0.319 e. The van der Waals surface area contributed by atoms with Crippen molar-refractivity contribution in [3.63, 3.8) is 0 Å². The molecule has 22 rings (SSSR count). The predicted octanol–water partition coefficient (Wildman–Crippen LogP) is 15.7. The maximum atomic E-state index is 12.3. The number of H-pyrrole nitrogens is 4. The Morgan fingerprint density at radius 2 is 0.849 bits per heavy atom. The van der Waals surface area contributed by atoms with Crippen LogP contribution in [0.15, 0.2) is 171 Å². The van der Waals surface area contributed by atoms with E-state index >= 15 is 0 Å². The van der Waals surface area contributed by atoms with Crippen LogP contribution in [-0.2, 0) is 14.4 Å². The maximum absolute atomic E-state index is 12.3. The number of rotatable bonds is 13. The van der Waals surface area contributed by atoms with Gasteiger partial charge in [-0.1, -0.05) is 97.1 Å². The molecule has 5 aromatic carbocycles. The van der Waals surface area contributed by atoms with Crippen molar-refractivity contribution in [2.45, 2.75) is 139 Å². The molecule has 5 aliphatic rings. The Kier molecular flexibility index (Phi) is 21.4. The van der Waals surface area contributed by atoms with Crippen LogP contribution in [0.3, 0.4) is 0 Å². The first-order chi connectivity index (χ1) is 61.2. The summed E-state index contributed by atoms with van der Waals surface area (Å²) in [5, 5.41) is 27.6. The average molecular weight is 1680 g/mol. The van der Waals surface area contributed by atoms with E-state index in [9.17, 15) is 29.5 Å². The van der Waals surface area contributed by atoms with Gasteiger partial charge in [-0.15, -0.1) is 0 Å². The normalized spacial score (nSPS) is 18.6. The molecule has 4 saturated carbocycles. The molecule has 0 unspecified atom stereocenters. The number of para-hydroxylation sites is 4. The number of aliphatic carboxylic acids is 1. The number of carboxylic acids is 1. The van der Waals surface area contributed by atoms with E-state index in [-0.39, 0.29) is 59.3 Å². The summed E-state index contributed by atoms with van der Waals surface area (Å²) in [4.78, 5) is 102. The number of nitriles is 1. The molecule has 17 N–H and O–H groups in total. The van der Waals surface area contributed by atoms with Crippen molar-refractivity contribution in [1.82, 2.24) is 92.4 Å². The number of nitrogen functional groups attached to an aromatic ring is 4. The minimum atomic E-state index is -0.717. The molecule has 31 nitrogen and oxygen atoms in total. The Labute approximate surface area is 723 Å². The first kappa shape index (κ1) is 80.7. The molecule has 17 aromatic rings. The number of amides is 4. The summed E-state index contributed by atoms with van der Waals surface area (Å²) >= 11 is 0. The number of urea groups is 1. The summed E-state index contributed by atoms with van der Waals surface area (Å²) in [6, 6.07) is 45.5. The summed E-state index contributed by atoms with van der Waals surface area (Å²) in [6.07, 6.45) is 26.0. The van der Waals surface area contributed by atoms with Gasteiger partial charge in [-0.2, -0.15) is 10.4 Å². The number of imidazole rings is 4. The van der Waals surface area contributed by atoms with E-state index in [0.29, 0.717) is 64.5 Å². The number of carboxylic acid groups (broad SMARTS) is 1. The number of primary amides is 2. The number of nitrogens with two attached hydrogens (primary N) is 6. The Balaban J connectivity index is 0.000000110. The largest absolute Gasteiger partial charge is 0.481 e. The van der Waals surface area contributed by atoms with Gasteiger partial charge >= 0.3 is 12.0 Å². The Morgan fingerprint density at radius 1 is 0.444 bits per heavy atom. The van der Waals surface area contributed by atoms with Crippen molar-refractivity contribution in [3.8, 4) is 62.7 Å². The number of nitrogens with zero attached hydrogens (tertiary/aromatic N) is 16. The van der Waals surface area contributed by atoms with Crippen molar-refractivity contribution in [3.05, 3.63) is 211 Å². The Hall–Kier alpha value is -15.0. The van der Waals surface area contributed by atoms with Crippen LogP contribution in [-0.4, -0.2) is 149 Å². The lowest BCUT2D eigenvalue weighted by atomic mass is 9.81. The number of aryl methyl sites for hydroxylation is 1. The van der Waals surface area contributed by atoms with Gasteiger partial charge in [-0.05, 0) is 163 Å². The highest BCUT2D eigenvalue weighted by atomic mass is 16.4. The molecule has 1 saturated heterocycles. The first-order valence-corrected chi connectivity index (χ1v) is 43.2. The summed E-state index contributed by atoms with van der Waals surface area (Å²) in [5.74, 6) is 5.41. The predicted molar refractivity (Wildman–Crippen MR) is 486 cm³/mol. The third-order valence-corrected chi connectivity index (χ3v) is 26.4. The van der Waals surface area contributed by atoms with Gasteiger partial charge in [0, 0.05) is 138 Å². The summed E-state index contributed by atoms with van der Waals surface area (Å²) in [5.41, 5.74) is 55.5. The third-order valence-electron chi connectivity index (χ3n) is 26.4. The molecule has 12 aromatic heterocycles. The van der Waals surface area contributed by atoms with Crippen LogP contribution in [0.4, 0.5) is 28.1 Å². The minimum absolute atomic E-state index is 0.0248. The molecule has 1 aliphatic heterocycles. The molecule has 0 atom stereocenters. The van der Waals surface area contributed by atoms with Crippen LogP contribution in [0.2, 0.25) is 0 Å². The van der Waals surface area contributed by atoms with Gasteiger partial charge in [0.15, 0.2) is 5.82 Å². The molecule has 0 spiro atoms. The number of carbonyl (C=O) groups is 4. The zero-order valence-electron chi connectivity index (χ0n) is 70.2. The van der Waals surface area contributed by atoms with Crippen molar-refractivity contribution in [2.75, 3.05) is 50.1 Å². The molecule has 0 bridgehead atoms. The number of benzene rings is 5. The van der Waals surface area contributed by atoms with Crippen LogP contribution in [0.25, 0.3) is 122 Å². The molecule has 638 valence electrons. The highest BCUT2D eigenvalue weighted by Crippen LogP contribution is 2.47. The number of piperidine rings is 1. The zero-order chi connectivity index (χ0) is 86.9. The summed E-state index contributed by atoms with van der Waals surface area (Å²) in [7, 11) is 3.58. The molecule has 5 fully saturated rings. The number of aromatic amines is 4. The van der Waals surface area contributed by atoms with Gasteiger partial charge in [0.2, 0.25) is 11.8 Å². The molecular weight excluding hydrogens is 1590 g/mol. The molecule has 0 radical (unpaired) electrons. The van der Waals surface area contributed by atoms with Crippen LogP contribution < -0.4 is 34.4 Å². The highest BCUT2D eigenvalue weighted by Gasteiger charge is 2.37. The molecule has 13 heterocycles. The fraction of sp³-hybridized carbons (Fsp3) is 0.305. The van der Waals surface area contributed by atoms with Crippen molar-refractivity contribution in [1.29, 1.82) is 5.26 Å². The number of anilines is 4. The smallest absolute Gasteiger partial charge is 0.319 e. The number of fused-ring (bicyclic) bond motifs is 8. The van der Waals surface area contributed by atoms with Crippen LogP contribution in [0.5, 0.6) is 0 Å². The number of hydrogen-bond acceptors (Lipinski definition) is 18. The lowest BCUT2D eigenvalue weighted by Gasteiger charge is -2.33. The minimum Gasteiger partial charge on any atom is -0.481 e. The van der Waals surface area contributed by atoms with E-state index in [4.69, 9.17) is 54.3 Å². The molecule has 4 aliphatic carbocycles. The monoisotopic (exact) mass is 1680 g/mol. The van der Waals surface area contributed by atoms with E-state index in [1.54, 1.807) is 48.2 Å². The van der Waals surface area contributed by atoms with Gasteiger partial charge in [0.1, 0.15) is 98.0 Å². The second-order valence-electron chi connectivity index (χ2n) is 34.4. The fourth-order valence-corrected chi connectivity index (χ4v) is 19.6. The lowest BCUT2D eigenvalue weighted by Crippen LogP contribution is -2.43. The van der Waals surface area contributed by atoms with Gasteiger partial charge in [-0.25, -0.2) is 49.2 Å². The molecule has 31 heteroatoms. The van der Waals surface area contributed by atoms with Gasteiger partial charge < -0.3 is 69.2 Å². The van der Waals surface area contributed by atoms with E-state index in [1.165, 1.54) is 41.2 Å². The van der Waals surface area contributed by atoms with E-state index in [2.05, 4.69) is 152 Å². The highest BCUT2D eigenvalue weighted by molar-refractivity contribution is 6.00. The molecule has 126 heavy (non-hydrogen) atoms. The standard InChI is InChI=1S/C26H24N6O2.C24H26N6O.C23H27N7O.C22H21N7O/c27-24-23-22(20-13-18-7-4-8-19(21(18)30-20)15-5-2-1-3-6-15)31-25(32(23)29-14-28-24)16-9-11-17(12-10-16)26(33)34;25-22-21-20(18-12-16-2-1-3-17(13-4-5-13)19(16)28-18)29-24(30(21)11-10-27-22)15-8-6-14(7-9-15)23(26)31;1-14-5-4-6-16-13-17(26-18(14)16)19-20-21(24)25-9-12-30(20)22(27-19)15-7-10-29(11-8-15)23(31)28(2)3;23-11-15-3-1-2-14-10-16(27-17(14)15)18-19-20(24)26-8-9-29(19)22(28-18)13-6-4-12(5-7-13)21(25)30/h1-8,13-14,16-17,30H,9-12H2,(H,33,34)(H2,27,28,29);1-3,10-15,28H,4-9H2,(H2,25,27)(H2,26,31);4-6,9,12-13,15,26H,7-8,10-11H2,1-3H3,(H2,24,25);1-3,8-10,12-13,27H,4-7H2,(H2,24,26)(H2,25,30). The van der Waals surface area contributed by atoms with Crippen molar-refractivity contribution < 1.29 is 24.3 Å². The van der Waals surface area contributed by atoms with E-state index < -0.39 is 5.97 Å². The average Bonchev–Trinajstić information content (AvgIpc) is 1.61. The number of nitrogens with one attached hydrogen (secondary N) is 4. The van der Waals surface area contributed by atoms with E-state index in [1.807, 2.05) is 64.3 Å². The zero-order valence-corrected chi connectivity index (χ0v) is 70.2. The number of carbonyl (C=O) groups excluding carboxylic acids is 3. The molecule has 4 amide bonds. The third kappa shape index (κ3) is 15.1. The molecular formula is C95H98N26O5. The van der Waals surface area contributed by atoms with Crippen LogP contribution >= 0.6 is 0 Å². The lowest BCUT2D eigenvalue weighted by molar-refractivity contribution is -0.142. The quantitative estimate of drug-likeness (QED) is 0.0511. The van der Waals surface area contributed by atoms with Crippen molar-refractivity contribution >= 4 is 113 Å². The fourth-order valence-electron chi connectivity index (χ4n) is 19.6. The Bertz CT molecular complexity index is 7100. The SMILES string of the molecule is Cc1cccc2cc(-c3nc(C4CCN(C(=O)N(C)C)CC4)n4ccnc(N)c34)[nH]c12.N#Cc1cccc2cc(-c3nc(C4CCC(C(N)=O)CC4)n4ccnc(N)c34)[nH]c12.NC(=O)C1CCC(c2nc(-c3cc4cccc(C5CC5)c4[nH]3)c3c(N)nccn23)CC1.Nc1ncnn2c(C3CCC(C(=O)O)CC3)nc(-c3cc4cccc(-c5ccccc5)c4[nH]3)c12. The summed E-state index contributed by atoms with van der Waals surface area (Å²) in [6.45, 7) is 3.54. The number of likely N-dealkylation sites (tertiary alicyclic amines) is 1. The topological polar surface area (TPSA) is 472 Å². The number of hydrogen-bond donors (Lipinski definition) is 11. The van der Waals surface area contributed by atoms with Crippen LogP contribution in [0.1, 0.15) is 172 Å². The first-order valence-electron chi connectivity index (χ1n) is 43.2.